The van der Waals surface area contributed by atoms with Crippen LogP contribution < -0.4 is 5.73 Å². The highest BCUT2D eigenvalue weighted by Gasteiger charge is 2.39. The van der Waals surface area contributed by atoms with Gasteiger partial charge in [-0.2, -0.15) is 0 Å². The number of nitrogens with two attached hydrogens (primary N) is 1. The lowest BCUT2D eigenvalue weighted by Crippen LogP contribution is -2.54. The SMILES string of the molecule is NC(=NCC1(N2CCCC2)CCOCC1)N1CCOCC1. The number of aliphatic imine (C=N–C) groups is 1. The Morgan fingerprint density at radius 3 is 2.24 bits per heavy atom. The summed E-state index contributed by atoms with van der Waals surface area (Å²) in [6.07, 6.45) is 4.77. The molecular formula is C15H28N4O2. The molecule has 3 aliphatic heterocycles. The van der Waals surface area contributed by atoms with Gasteiger partial charge in [-0.1, -0.05) is 0 Å². The standard InChI is InChI=1S/C15H28N4O2/c16-14(18-7-11-21-12-8-18)17-13-15(3-9-20-10-4-15)19-5-1-2-6-19/h1-13H2,(H2,16,17). The van der Waals surface area contributed by atoms with Crippen LogP contribution in [0.3, 0.4) is 0 Å². The molecule has 0 bridgehead atoms. The molecule has 0 spiro atoms. The van der Waals surface area contributed by atoms with Crippen LogP contribution in [0.1, 0.15) is 25.7 Å². The van der Waals surface area contributed by atoms with Crippen molar-refractivity contribution in [3.05, 3.63) is 0 Å². The van der Waals surface area contributed by atoms with E-state index in [2.05, 4.69) is 9.80 Å². The molecule has 0 unspecified atom stereocenters. The number of nitrogens with zero attached hydrogens (tertiary/aromatic N) is 3. The molecule has 3 saturated heterocycles. The van der Waals surface area contributed by atoms with Crippen LogP contribution in [0.5, 0.6) is 0 Å². The van der Waals surface area contributed by atoms with Crippen molar-refractivity contribution in [2.75, 3.05) is 59.2 Å². The van der Waals surface area contributed by atoms with E-state index in [0.29, 0.717) is 5.96 Å². The highest BCUT2D eigenvalue weighted by Crippen LogP contribution is 2.31. The smallest absolute Gasteiger partial charge is 0.191 e. The first kappa shape index (κ1) is 15.1. The summed E-state index contributed by atoms with van der Waals surface area (Å²) >= 11 is 0. The molecule has 0 saturated carbocycles. The quantitative estimate of drug-likeness (QED) is 0.599. The van der Waals surface area contributed by atoms with Gasteiger partial charge in [0, 0.05) is 31.8 Å². The van der Waals surface area contributed by atoms with Gasteiger partial charge in [-0.25, -0.2) is 0 Å². The number of ether oxygens (including phenoxy) is 2. The second-order valence-corrected chi connectivity index (χ2v) is 6.30. The molecule has 6 nitrogen and oxygen atoms in total. The predicted molar refractivity (Wildman–Crippen MR) is 82.5 cm³/mol. The Morgan fingerprint density at radius 2 is 1.57 bits per heavy atom. The zero-order valence-electron chi connectivity index (χ0n) is 12.9. The fourth-order valence-corrected chi connectivity index (χ4v) is 3.64. The summed E-state index contributed by atoms with van der Waals surface area (Å²) in [4.78, 5) is 9.53. The van der Waals surface area contributed by atoms with E-state index in [1.807, 2.05) is 0 Å². The number of guanidine groups is 1. The maximum atomic E-state index is 6.19. The summed E-state index contributed by atoms with van der Waals surface area (Å²) in [5.41, 5.74) is 6.37. The van der Waals surface area contributed by atoms with Crippen LogP contribution in [0.4, 0.5) is 0 Å². The summed E-state index contributed by atoms with van der Waals surface area (Å²) in [5.74, 6) is 0.684. The first-order chi connectivity index (χ1) is 10.3. The van der Waals surface area contributed by atoms with Crippen molar-refractivity contribution in [2.45, 2.75) is 31.2 Å². The topological polar surface area (TPSA) is 63.3 Å². The normalized spacial score (nSPS) is 28.0. The van der Waals surface area contributed by atoms with Gasteiger partial charge in [0.05, 0.1) is 19.8 Å². The second kappa shape index (κ2) is 6.94. The van der Waals surface area contributed by atoms with E-state index in [1.54, 1.807) is 0 Å². The molecule has 6 heteroatoms. The van der Waals surface area contributed by atoms with Crippen LogP contribution in [-0.2, 0) is 9.47 Å². The van der Waals surface area contributed by atoms with Gasteiger partial charge in [-0.05, 0) is 38.8 Å². The van der Waals surface area contributed by atoms with Crippen molar-refractivity contribution < 1.29 is 9.47 Å². The molecule has 21 heavy (non-hydrogen) atoms. The highest BCUT2D eigenvalue weighted by atomic mass is 16.5. The van der Waals surface area contributed by atoms with Gasteiger partial charge in [-0.3, -0.25) is 9.89 Å². The van der Waals surface area contributed by atoms with Crippen molar-refractivity contribution in [2.24, 2.45) is 10.7 Å². The molecule has 3 rings (SSSR count). The zero-order valence-corrected chi connectivity index (χ0v) is 12.9. The highest BCUT2D eigenvalue weighted by molar-refractivity contribution is 5.78. The summed E-state index contributed by atoms with van der Waals surface area (Å²) in [6.45, 7) is 8.12. The van der Waals surface area contributed by atoms with E-state index in [0.717, 1.165) is 58.9 Å². The summed E-state index contributed by atoms with van der Waals surface area (Å²) < 4.78 is 10.9. The third kappa shape index (κ3) is 3.49. The number of morpholine rings is 1. The Morgan fingerprint density at radius 1 is 0.952 bits per heavy atom. The Labute approximate surface area is 127 Å². The van der Waals surface area contributed by atoms with Gasteiger partial charge in [-0.15, -0.1) is 0 Å². The van der Waals surface area contributed by atoms with E-state index in [9.17, 15) is 0 Å². The second-order valence-electron chi connectivity index (χ2n) is 6.30. The molecule has 0 aromatic heterocycles. The first-order valence-electron chi connectivity index (χ1n) is 8.26. The van der Waals surface area contributed by atoms with Crippen LogP contribution in [0.15, 0.2) is 4.99 Å². The van der Waals surface area contributed by atoms with Gasteiger partial charge in [0.1, 0.15) is 0 Å². The van der Waals surface area contributed by atoms with Crippen molar-refractivity contribution in [1.29, 1.82) is 0 Å². The molecule has 0 radical (unpaired) electrons. The van der Waals surface area contributed by atoms with E-state index in [1.165, 1.54) is 25.9 Å². The van der Waals surface area contributed by atoms with Crippen LogP contribution in [0, 0.1) is 0 Å². The summed E-state index contributed by atoms with van der Waals surface area (Å²) in [6, 6.07) is 0. The molecule has 2 N–H and O–H groups in total. The molecule has 3 fully saturated rings. The third-order valence-corrected chi connectivity index (χ3v) is 5.07. The summed E-state index contributed by atoms with van der Waals surface area (Å²) in [7, 11) is 0. The lowest BCUT2D eigenvalue weighted by atomic mass is 9.88. The monoisotopic (exact) mass is 296 g/mol. The Bertz CT molecular complexity index is 357. The maximum Gasteiger partial charge on any atom is 0.191 e. The largest absolute Gasteiger partial charge is 0.381 e. The molecular weight excluding hydrogens is 268 g/mol. The Balaban J connectivity index is 1.65. The van der Waals surface area contributed by atoms with E-state index < -0.39 is 0 Å². The van der Waals surface area contributed by atoms with Crippen LogP contribution >= 0.6 is 0 Å². The van der Waals surface area contributed by atoms with E-state index in [4.69, 9.17) is 20.2 Å². The predicted octanol–water partition coefficient (Wildman–Crippen LogP) is 0.278. The number of rotatable bonds is 3. The minimum Gasteiger partial charge on any atom is -0.381 e. The van der Waals surface area contributed by atoms with Crippen LogP contribution in [0.25, 0.3) is 0 Å². The van der Waals surface area contributed by atoms with Crippen LogP contribution in [-0.4, -0.2) is 80.4 Å². The number of likely N-dealkylation sites (tertiary alicyclic amines) is 1. The number of hydrogen-bond acceptors (Lipinski definition) is 4. The molecule has 120 valence electrons. The van der Waals surface area contributed by atoms with Crippen molar-refractivity contribution in [3.63, 3.8) is 0 Å². The van der Waals surface area contributed by atoms with Gasteiger partial charge in [0.2, 0.25) is 0 Å². The lowest BCUT2D eigenvalue weighted by Gasteiger charge is -2.43. The lowest BCUT2D eigenvalue weighted by molar-refractivity contribution is -0.0140. The average molecular weight is 296 g/mol. The van der Waals surface area contributed by atoms with Gasteiger partial charge >= 0.3 is 0 Å². The Kier molecular flexibility index (Phi) is 4.98. The fourth-order valence-electron chi connectivity index (χ4n) is 3.64. The van der Waals surface area contributed by atoms with Gasteiger partial charge < -0.3 is 20.1 Å². The fraction of sp³-hybridized carbons (Fsp3) is 0.933. The van der Waals surface area contributed by atoms with Crippen molar-refractivity contribution >= 4 is 5.96 Å². The number of hydrogen-bond donors (Lipinski definition) is 1. The van der Waals surface area contributed by atoms with Gasteiger partial charge in [0.15, 0.2) is 5.96 Å². The third-order valence-electron chi connectivity index (χ3n) is 5.07. The average Bonchev–Trinajstić information content (AvgIpc) is 3.09. The van der Waals surface area contributed by atoms with Gasteiger partial charge in [0.25, 0.3) is 0 Å². The first-order valence-corrected chi connectivity index (χ1v) is 8.26. The minimum atomic E-state index is 0.172. The molecule has 3 heterocycles. The molecule has 0 aromatic carbocycles. The summed E-state index contributed by atoms with van der Waals surface area (Å²) in [5, 5.41) is 0. The zero-order chi connectivity index (χ0) is 14.5. The Hall–Kier alpha value is -0.850. The van der Waals surface area contributed by atoms with Crippen molar-refractivity contribution in [1.82, 2.24) is 9.80 Å². The van der Waals surface area contributed by atoms with Crippen LogP contribution in [0.2, 0.25) is 0 Å². The van der Waals surface area contributed by atoms with Crippen molar-refractivity contribution in [3.8, 4) is 0 Å². The molecule has 0 amide bonds. The molecule has 3 aliphatic rings. The minimum absolute atomic E-state index is 0.172. The van der Waals surface area contributed by atoms with E-state index in [-0.39, 0.29) is 5.54 Å². The molecule has 0 aliphatic carbocycles. The maximum absolute atomic E-state index is 6.19. The van der Waals surface area contributed by atoms with E-state index >= 15 is 0 Å². The molecule has 0 aromatic rings. The molecule has 0 atom stereocenters.